The molecule has 0 aliphatic rings. The summed E-state index contributed by atoms with van der Waals surface area (Å²) in [6.07, 6.45) is 1.84. The predicted molar refractivity (Wildman–Crippen MR) is 77.1 cm³/mol. The number of rotatable bonds is 4. The van der Waals surface area contributed by atoms with Crippen LogP contribution in [0.5, 0.6) is 0 Å². The fraction of sp³-hybridized carbons (Fsp3) is 0.267. The minimum atomic E-state index is -0.614. The Balaban J connectivity index is 2.08. The number of amides is 1. The van der Waals surface area contributed by atoms with Crippen molar-refractivity contribution in [1.29, 1.82) is 0 Å². The van der Waals surface area contributed by atoms with Crippen LogP contribution in [-0.4, -0.2) is 10.9 Å². The van der Waals surface area contributed by atoms with Crippen molar-refractivity contribution < 1.29 is 4.79 Å². The van der Waals surface area contributed by atoms with E-state index in [-0.39, 0.29) is 5.91 Å². The summed E-state index contributed by atoms with van der Waals surface area (Å²) in [5.41, 5.74) is 1.27. The van der Waals surface area contributed by atoms with Crippen LogP contribution in [0.3, 0.4) is 0 Å². The molecular formula is C15H17ClN2O. The summed E-state index contributed by atoms with van der Waals surface area (Å²) in [6, 6.07) is 11.3. The van der Waals surface area contributed by atoms with Gasteiger partial charge in [0.15, 0.2) is 0 Å². The van der Waals surface area contributed by atoms with Crippen LogP contribution in [0.25, 0.3) is 0 Å². The first-order chi connectivity index (χ1) is 9.00. The molecule has 0 aliphatic heterocycles. The normalized spacial score (nSPS) is 11.3. The standard InChI is InChI=1S/C15H17ClN2O/c1-15(2,11-5-3-6-12(16)9-11)14(19)18-10-13-7-4-8-17-13/h3-9,17H,10H2,1-2H3,(H,18,19). The fourth-order valence-electron chi connectivity index (χ4n) is 1.88. The van der Waals surface area contributed by atoms with Crippen molar-refractivity contribution >= 4 is 17.5 Å². The van der Waals surface area contributed by atoms with E-state index < -0.39 is 5.41 Å². The molecule has 1 heterocycles. The van der Waals surface area contributed by atoms with E-state index in [0.717, 1.165) is 11.3 Å². The van der Waals surface area contributed by atoms with E-state index in [2.05, 4.69) is 10.3 Å². The first kappa shape index (κ1) is 13.7. The third-order valence-corrected chi connectivity index (χ3v) is 3.45. The van der Waals surface area contributed by atoms with Gasteiger partial charge in [-0.25, -0.2) is 0 Å². The highest BCUT2D eigenvalue weighted by atomic mass is 35.5. The zero-order chi connectivity index (χ0) is 13.9. The van der Waals surface area contributed by atoms with Crippen molar-refractivity contribution in [3.05, 3.63) is 58.9 Å². The van der Waals surface area contributed by atoms with Gasteiger partial charge in [-0.05, 0) is 43.7 Å². The Bertz CT molecular complexity index is 561. The molecule has 1 amide bonds. The number of benzene rings is 1. The lowest BCUT2D eigenvalue weighted by molar-refractivity contribution is -0.125. The number of H-pyrrole nitrogens is 1. The van der Waals surface area contributed by atoms with Crippen molar-refractivity contribution in [2.45, 2.75) is 25.8 Å². The van der Waals surface area contributed by atoms with Crippen LogP contribution in [-0.2, 0) is 16.8 Å². The second kappa shape index (κ2) is 5.49. The largest absolute Gasteiger partial charge is 0.364 e. The zero-order valence-corrected chi connectivity index (χ0v) is 11.8. The summed E-state index contributed by atoms with van der Waals surface area (Å²) in [5, 5.41) is 3.57. The molecule has 2 aromatic rings. The molecule has 1 aromatic heterocycles. The van der Waals surface area contributed by atoms with Gasteiger partial charge in [-0.15, -0.1) is 0 Å². The molecular weight excluding hydrogens is 260 g/mol. The van der Waals surface area contributed by atoms with Crippen LogP contribution in [0, 0.1) is 0 Å². The molecule has 0 atom stereocenters. The summed E-state index contributed by atoms with van der Waals surface area (Å²) >= 11 is 5.98. The van der Waals surface area contributed by atoms with Crippen LogP contribution in [0.1, 0.15) is 25.1 Å². The molecule has 0 saturated carbocycles. The van der Waals surface area contributed by atoms with Crippen molar-refractivity contribution in [3.8, 4) is 0 Å². The molecule has 1 aromatic carbocycles. The summed E-state index contributed by atoms with van der Waals surface area (Å²) < 4.78 is 0. The van der Waals surface area contributed by atoms with Crippen molar-refractivity contribution in [1.82, 2.24) is 10.3 Å². The highest BCUT2D eigenvalue weighted by Crippen LogP contribution is 2.25. The van der Waals surface area contributed by atoms with Gasteiger partial charge in [-0.1, -0.05) is 23.7 Å². The highest BCUT2D eigenvalue weighted by molar-refractivity contribution is 6.30. The van der Waals surface area contributed by atoms with Gasteiger partial charge >= 0.3 is 0 Å². The maximum absolute atomic E-state index is 12.3. The van der Waals surface area contributed by atoms with Gasteiger partial charge in [0.25, 0.3) is 0 Å². The van der Waals surface area contributed by atoms with Gasteiger partial charge in [-0.3, -0.25) is 4.79 Å². The second-order valence-electron chi connectivity index (χ2n) is 5.01. The number of carbonyl (C=O) groups excluding carboxylic acids is 1. The molecule has 2 rings (SSSR count). The summed E-state index contributed by atoms with van der Waals surface area (Å²) in [4.78, 5) is 15.4. The van der Waals surface area contributed by atoms with Crippen LogP contribution >= 0.6 is 11.6 Å². The topological polar surface area (TPSA) is 44.9 Å². The molecule has 0 aliphatic carbocycles. The van der Waals surface area contributed by atoms with Crippen LogP contribution in [0.4, 0.5) is 0 Å². The summed E-state index contributed by atoms with van der Waals surface area (Å²) in [6.45, 7) is 4.28. The van der Waals surface area contributed by atoms with Crippen molar-refractivity contribution in [2.24, 2.45) is 0 Å². The Labute approximate surface area is 118 Å². The number of carbonyl (C=O) groups is 1. The van der Waals surface area contributed by atoms with Crippen LogP contribution in [0.15, 0.2) is 42.6 Å². The second-order valence-corrected chi connectivity index (χ2v) is 5.45. The third kappa shape index (κ3) is 3.18. The van der Waals surface area contributed by atoms with Gasteiger partial charge in [0, 0.05) is 16.9 Å². The molecule has 4 heteroatoms. The van der Waals surface area contributed by atoms with Gasteiger partial charge < -0.3 is 10.3 Å². The quantitative estimate of drug-likeness (QED) is 0.884. The average molecular weight is 277 g/mol. The molecule has 0 bridgehead atoms. The van der Waals surface area contributed by atoms with E-state index >= 15 is 0 Å². The minimum absolute atomic E-state index is 0.0237. The molecule has 2 N–H and O–H groups in total. The van der Waals surface area contributed by atoms with E-state index in [9.17, 15) is 4.79 Å². The first-order valence-electron chi connectivity index (χ1n) is 6.17. The third-order valence-electron chi connectivity index (χ3n) is 3.22. The van der Waals surface area contributed by atoms with Gasteiger partial charge in [0.05, 0.1) is 12.0 Å². The fourth-order valence-corrected chi connectivity index (χ4v) is 2.07. The molecule has 0 unspecified atom stereocenters. The van der Waals surface area contributed by atoms with E-state index in [1.807, 2.05) is 50.4 Å². The van der Waals surface area contributed by atoms with Gasteiger partial charge in [-0.2, -0.15) is 0 Å². The number of hydrogen-bond acceptors (Lipinski definition) is 1. The van der Waals surface area contributed by atoms with E-state index in [1.54, 1.807) is 6.07 Å². The van der Waals surface area contributed by atoms with Crippen LogP contribution in [0.2, 0.25) is 5.02 Å². The van der Waals surface area contributed by atoms with E-state index in [0.29, 0.717) is 11.6 Å². The molecule has 19 heavy (non-hydrogen) atoms. The number of halogens is 1. The van der Waals surface area contributed by atoms with Gasteiger partial charge in [0.1, 0.15) is 0 Å². The predicted octanol–water partition coefficient (Wildman–Crippen LogP) is 3.26. The lowest BCUT2D eigenvalue weighted by Gasteiger charge is -2.24. The Morgan fingerprint density at radius 2 is 2.11 bits per heavy atom. The molecule has 0 spiro atoms. The minimum Gasteiger partial charge on any atom is -0.364 e. The molecule has 0 radical (unpaired) electrons. The Morgan fingerprint density at radius 1 is 1.32 bits per heavy atom. The monoisotopic (exact) mass is 276 g/mol. The summed E-state index contributed by atoms with van der Waals surface area (Å²) in [7, 11) is 0. The number of hydrogen-bond donors (Lipinski definition) is 2. The van der Waals surface area contributed by atoms with Gasteiger partial charge in [0.2, 0.25) is 5.91 Å². The van der Waals surface area contributed by atoms with E-state index in [1.165, 1.54) is 0 Å². The number of nitrogens with one attached hydrogen (secondary N) is 2. The molecule has 100 valence electrons. The molecule has 3 nitrogen and oxygen atoms in total. The molecule has 0 saturated heterocycles. The SMILES string of the molecule is CC(C)(C(=O)NCc1ccc[nH]1)c1cccc(Cl)c1. The van der Waals surface area contributed by atoms with E-state index in [4.69, 9.17) is 11.6 Å². The van der Waals surface area contributed by atoms with Crippen LogP contribution < -0.4 is 5.32 Å². The van der Waals surface area contributed by atoms with Crippen molar-refractivity contribution in [3.63, 3.8) is 0 Å². The number of aromatic nitrogens is 1. The summed E-state index contributed by atoms with van der Waals surface area (Å²) in [5.74, 6) is -0.0237. The maximum Gasteiger partial charge on any atom is 0.230 e. The molecule has 0 fully saturated rings. The maximum atomic E-state index is 12.3. The average Bonchev–Trinajstić information content (AvgIpc) is 2.89. The zero-order valence-electron chi connectivity index (χ0n) is 11.0. The van der Waals surface area contributed by atoms with Crippen molar-refractivity contribution in [2.75, 3.05) is 0 Å². The highest BCUT2D eigenvalue weighted by Gasteiger charge is 2.29. The lowest BCUT2D eigenvalue weighted by atomic mass is 9.84. The smallest absolute Gasteiger partial charge is 0.230 e. The first-order valence-corrected chi connectivity index (χ1v) is 6.54. The Kier molecular flexibility index (Phi) is 3.96. The Hall–Kier alpha value is -1.74. The lowest BCUT2D eigenvalue weighted by Crippen LogP contribution is -2.39. The Morgan fingerprint density at radius 3 is 2.74 bits per heavy atom. The number of aromatic amines is 1.